The lowest BCUT2D eigenvalue weighted by Gasteiger charge is -1.96. The summed E-state index contributed by atoms with van der Waals surface area (Å²) in [5.41, 5.74) is 0.343. The lowest BCUT2D eigenvalue weighted by molar-refractivity contribution is -0.300. The molecule has 13 heavy (non-hydrogen) atoms. The van der Waals surface area contributed by atoms with Gasteiger partial charge in [-0.15, -0.1) is 0 Å². The van der Waals surface area contributed by atoms with Gasteiger partial charge in [-0.25, -0.2) is 0 Å². The fourth-order valence-corrected chi connectivity index (χ4v) is 0.118. The Morgan fingerprint density at radius 1 is 1.15 bits per heavy atom. The minimum atomic E-state index is -1.19. The second-order valence-electron chi connectivity index (χ2n) is 2.33. The standard InChI is InChI=1S/C5H8O2.C4H6O2/c1-3-4(2)5(6)7;1-3(2)4(5)6/h3H,1-2H3,(H,6,7);1H2,2H3,(H,5,6)/p-2/b4-3+;. The van der Waals surface area contributed by atoms with Crippen LogP contribution >= 0.6 is 0 Å². The molecule has 0 N–H and O–H groups in total. The van der Waals surface area contributed by atoms with Gasteiger partial charge in [0.15, 0.2) is 0 Å². The Morgan fingerprint density at radius 2 is 1.46 bits per heavy atom. The molecule has 0 atom stereocenters. The smallest absolute Gasteiger partial charge is 0.0668 e. The average Bonchev–Trinajstić information content (AvgIpc) is 2.03. The molecular formula is C9H12O4-2. The van der Waals surface area contributed by atoms with Crippen LogP contribution in [0, 0.1) is 0 Å². The van der Waals surface area contributed by atoms with Crippen molar-refractivity contribution in [3.63, 3.8) is 0 Å². The van der Waals surface area contributed by atoms with E-state index >= 15 is 0 Å². The summed E-state index contributed by atoms with van der Waals surface area (Å²) in [6.45, 7) is 7.63. The minimum absolute atomic E-state index is 0.0648. The molecule has 0 amide bonds. The molecule has 0 aliphatic rings. The summed E-state index contributed by atoms with van der Waals surface area (Å²) in [6.07, 6.45) is 1.50. The van der Waals surface area contributed by atoms with Crippen LogP contribution in [-0.4, -0.2) is 11.9 Å². The SMILES string of the molecule is C/C=C(\C)C(=O)[O-].C=C(C)C(=O)[O-]. The summed E-state index contributed by atoms with van der Waals surface area (Å²) in [6, 6.07) is 0. The molecule has 0 aliphatic carbocycles. The molecule has 74 valence electrons. The third kappa shape index (κ3) is 10.4. The van der Waals surface area contributed by atoms with Crippen LogP contribution in [0.15, 0.2) is 23.8 Å². The Balaban J connectivity index is 0. The zero-order chi connectivity index (χ0) is 11.0. The number of carboxylic acids is 2. The summed E-state index contributed by atoms with van der Waals surface area (Å²) in [4.78, 5) is 19.2. The van der Waals surface area contributed by atoms with E-state index < -0.39 is 11.9 Å². The first-order valence-corrected chi connectivity index (χ1v) is 3.54. The molecule has 0 saturated carbocycles. The van der Waals surface area contributed by atoms with E-state index in [0.29, 0.717) is 0 Å². The zero-order valence-electron chi connectivity index (χ0n) is 7.92. The number of carbonyl (C=O) groups is 2. The predicted octanol–water partition coefficient (Wildman–Crippen LogP) is -0.985. The van der Waals surface area contributed by atoms with Gasteiger partial charge in [0.25, 0.3) is 0 Å². The molecule has 0 aromatic heterocycles. The van der Waals surface area contributed by atoms with Crippen LogP contribution in [0.4, 0.5) is 0 Å². The van der Waals surface area contributed by atoms with E-state index in [-0.39, 0.29) is 11.1 Å². The second kappa shape index (κ2) is 7.09. The summed E-state index contributed by atoms with van der Waals surface area (Å²) in [5, 5.41) is 19.2. The van der Waals surface area contributed by atoms with Crippen LogP contribution in [0.25, 0.3) is 0 Å². The Kier molecular flexibility index (Phi) is 7.62. The van der Waals surface area contributed by atoms with E-state index in [1.165, 1.54) is 19.9 Å². The van der Waals surface area contributed by atoms with Gasteiger partial charge in [-0.2, -0.15) is 0 Å². The van der Waals surface area contributed by atoms with Crippen molar-refractivity contribution in [2.75, 3.05) is 0 Å². The number of aliphatic carboxylic acids is 2. The molecule has 0 saturated heterocycles. The molecule has 0 fully saturated rings. The van der Waals surface area contributed by atoms with E-state index in [1.54, 1.807) is 6.92 Å². The highest BCUT2D eigenvalue weighted by Crippen LogP contribution is 1.85. The van der Waals surface area contributed by atoms with Crippen LogP contribution < -0.4 is 10.2 Å². The number of allylic oxidation sites excluding steroid dienone is 1. The molecule has 0 radical (unpaired) electrons. The molecule has 0 aliphatic heterocycles. The van der Waals surface area contributed by atoms with E-state index in [1.807, 2.05) is 0 Å². The van der Waals surface area contributed by atoms with Crippen molar-refractivity contribution in [3.05, 3.63) is 23.8 Å². The van der Waals surface area contributed by atoms with Crippen LogP contribution in [0.5, 0.6) is 0 Å². The van der Waals surface area contributed by atoms with Gasteiger partial charge in [-0.05, 0) is 31.9 Å². The highest BCUT2D eigenvalue weighted by Gasteiger charge is 1.80. The molecule has 0 aromatic rings. The van der Waals surface area contributed by atoms with Gasteiger partial charge in [0.1, 0.15) is 0 Å². The normalized spacial score (nSPS) is 9.62. The maximum Gasteiger partial charge on any atom is 0.0668 e. The van der Waals surface area contributed by atoms with Gasteiger partial charge in [-0.1, -0.05) is 12.7 Å². The first-order chi connectivity index (χ1) is 5.82. The lowest BCUT2D eigenvalue weighted by atomic mass is 10.3. The summed E-state index contributed by atoms with van der Waals surface area (Å²) in [7, 11) is 0. The molecule has 0 bridgehead atoms. The first-order valence-electron chi connectivity index (χ1n) is 3.54. The summed E-state index contributed by atoms with van der Waals surface area (Å²) in [5.74, 6) is -2.28. The van der Waals surface area contributed by atoms with E-state index in [0.717, 1.165) is 0 Å². The molecule has 0 heterocycles. The summed E-state index contributed by atoms with van der Waals surface area (Å²) >= 11 is 0. The minimum Gasteiger partial charge on any atom is -0.545 e. The number of carboxylic acid groups (broad SMARTS) is 2. The molecule has 4 nitrogen and oxygen atoms in total. The fraction of sp³-hybridized carbons (Fsp3) is 0.333. The number of hydrogen-bond acceptors (Lipinski definition) is 4. The van der Waals surface area contributed by atoms with Crippen LogP contribution in [0.1, 0.15) is 20.8 Å². The summed E-state index contributed by atoms with van der Waals surface area (Å²) < 4.78 is 0. The van der Waals surface area contributed by atoms with Gasteiger partial charge in [0.2, 0.25) is 0 Å². The molecule has 0 rings (SSSR count). The molecule has 0 unspecified atom stereocenters. The van der Waals surface area contributed by atoms with Gasteiger partial charge in [0.05, 0.1) is 11.9 Å². The fourth-order valence-electron chi connectivity index (χ4n) is 0.118. The van der Waals surface area contributed by atoms with E-state index in [9.17, 15) is 19.8 Å². The number of rotatable bonds is 2. The highest BCUT2D eigenvalue weighted by molar-refractivity contribution is 5.83. The topological polar surface area (TPSA) is 80.3 Å². The largest absolute Gasteiger partial charge is 0.545 e. The quantitative estimate of drug-likeness (QED) is 0.516. The first kappa shape index (κ1) is 14.0. The average molecular weight is 184 g/mol. The highest BCUT2D eigenvalue weighted by atomic mass is 16.4. The third-order valence-electron chi connectivity index (χ3n) is 1.10. The van der Waals surface area contributed by atoms with Crippen molar-refractivity contribution in [3.8, 4) is 0 Å². The molecule has 4 heteroatoms. The van der Waals surface area contributed by atoms with Crippen LogP contribution in [-0.2, 0) is 9.59 Å². The maximum atomic E-state index is 9.75. The van der Waals surface area contributed by atoms with Gasteiger partial charge in [0, 0.05) is 0 Å². The van der Waals surface area contributed by atoms with Crippen molar-refractivity contribution in [1.82, 2.24) is 0 Å². The second-order valence-corrected chi connectivity index (χ2v) is 2.33. The molecule has 0 spiro atoms. The van der Waals surface area contributed by atoms with Crippen LogP contribution in [0.3, 0.4) is 0 Å². The Morgan fingerprint density at radius 3 is 1.46 bits per heavy atom. The maximum absolute atomic E-state index is 9.75. The van der Waals surface area contributed by atoms with Crippen molar-refractivity contribution >= 4 is 11.9 Å². The van der Waals surface area contributed by atoms with Crippen LogP contribution in [0.2, 0.25) is 0 Å². The van der Waals surface area contributed by atoms with E-state index in [2.05, 4.69) is 6.58 Å². The predicted molar refractivity (Wildman–Crippen MR) is 44.3 cm³/mol. The van der Waals surface area contributed by atoms with Crippen molar-refractivity contribution < 1.29 is 19.8 Å². The number of hydrogen-bond donors (Lipinski definition) is 0. The Hall–Kier alpha value is -1.58. The third-order valence-corrected chi connectivity index (χ3v) is 1.10. The van der Waals surface area contributed by atoms with Crippen molar-refractivity contribution in [2.45, 2.75) is 20.8 Å². The number of carbonyl (C=O) groups excluding carboxylic acids is 2. The van der Waals surface area contributed by atoms with E-state index in [4.69, 9.17) is 0 Å². The van der Waals surface area contributed by atoms with Gasteiger partial charge >= 0.3 is 0 Å². The Labute approximate surface area is 77.2 Å². The van der Waals surface area contributed by atoms with Gasteiger partial charge in [-0.3, -0.25) is 0 Å². The monoisotopic (exact) mass is 184 g/mol. The van der Waals surface area contributed by atoms with Crippen molar-refractivity contribution in [2.24, 2.45) is 0 Å². The van der Waals surface area contributed by atoms with Gasteiger partial charge < -0.3 is 19.8 Å². The van der Waals surface area contributed by atoms with Crippen molar-refractivity contribution in [1.29, 1.82) is 0 Å². The molecular weight excluding hydrogens is 172 g/mol. The lowest BCUT2D eigenvalue weighted by Crippen LogP contribution is -2.22. The molecule has 0 aromatic carbocycles. The Bertz CT molecular complexity index is 226. The zero-order valence-corrected chi connectivity index (χ0v) is 7.92.